The quantitative estimate of drug-likeness (QED) is 0.724. The average Bonchev–Trinajstić information content (AvgIpc) is 3.20. The van der Waals surface area contributed by atoms with Crippen LogP contribution in [0, 0.1) is 0 Å². The van der Waals surface area contributed by atoms with Gasteiger partial charge in [-0.3, -0.25) is 0 Å². The van der Waals surface area contributed by atoms with Crippen LogP contribution in [0.1, 0.15) is 24.1 Å². The average molecular weight is 364 g/mol. The summed E-state index contributed by atoms with van der Waals surface area (Å²) < 4.78 is 7.20. The van der Waals surface area contributed by atoms with E-state index in [-0.39, 0.29) is 12.1 Å². The van der Waals surface area contributed by atoms with Gasteiger partial charge in [0.25, 0.3) is 0 Å². The molecule has 0 spiro atoms. The van der Waals surface area contributed by atoms with Crippen LogP contribution in [0.4, 0.5) is 4.79 Å². The van der Waals surface area contributed by atoms with Crippen LogP contribution < -0.4 is 10.1 Å². The Balaban J connectivity index is 1.61. The predicted octanol–water partition coefficient (Wildman–Crippen LogP) is 3.78. The molecule has 1 N–H and O–H groups in total. The fourth-order valence-electron chi connectivity index (χ4n) is 2.87. The Morgan fingerprint density at radius 1 is 1.19 bits per heavy atom. The summed E-state index contributed by atoms with van der Waals surface area (Å²) in [7, 11) is 3.41. The highest BCUT2D eigenvalue weighted by Crippen LogP contribution is 2.28. The van der Waals surface area contributed by atoms with Gasteiger partial charge in [0.15, 0.2) is 0 Å². The highest BCUT2D eigenvalue weighted by molar-refractivity contribution is 5.74. The molecule has 0 saturated heterocycles. The number of rotatable bonds is 6. The number of carbonyl (C=O) groups excluding carboxylic acids is 1. The van der Waals surface area contributed by atoms with Crippen molar-refractivity contribution in [1.29, 1.82) is 0 Å². The number of hydrogen-bond donors (Lipinski definition) is 1. The molecule has 0 aliphatic carbocycles. The van der Waals surface area contributed by atoms with Gasteiger partial charge in [-0.2, -0.15) is 5.10 Å². The molecule has 0 saturated carbocycles. The number of urea groups is 1. The molecule has 1 unspecified atom stereocenters. The van der Waals surface area contributed by atoms with Gasteiger partial charge in [0.1, 0.15) is 5.75 Å². The number of aromatic nitrogens is 2. The van der Waals surface area contributed by atoms with Gasteiger partial charge in [-0.25, -0.2) is 9.48 Å². The van der Waals surface area contributed by atoms with Gasteiger partial charge in [0.05, 0.1) is 25.0 Å². The van der Waals surface area contributed by atoms with Crippen LogP contribution in [0.2, 0.25) is 0 Å². The van der Waals surface area contributed by atoms with E-state index in [4.69, 9.17) is 4.74 Å². The zero-order valence-electron chi connectivity index (χ0n) is 15.8. The minimum Gasteiger partial charge on any atom is -0.496 e. The molecular weight excluding hydrogens is 340 g/mol. The Bertz CT molecular complexity index is 892. The van der Waals surface area contributed by atoms with Crippen molar-refractivity contribution in [2.75, 3.05) is 14.2 Å². The van der Waals surface area contributed by atoms with Crippen molar-refractivity contribution >= 4 is 6.03 Å². The summed E-state index contributed by atoms with van der Waals surface area (Å²) >= 11 is 0. The fourth-order valence-corrected chi connectivity index (χ4v) is 2.87. The molecular formula is C21H24N4O2. The monoisotopic (exact) mass is 364 g/mol. The molecule has 1 atom stereocenters. The van der Waals surface area contributed by atoms with Crippen molar-refractivity contribution < 1.29 is 9.53 Å². The number of para-hydroxylation sites is 2. The van der Waals surface area contributed by atoms with E-state index < -0.39 is 0 Å². The Kier molecular flexibility index (Phi) is 5.76. The summed E-state index contributed by atoms with van der Waals surface area (Å²) in [4.78, 5) is 14.2. The summed E-state index contributed by atoms with van der Waals surface area (Å²) in [5.41, 5.74) is 2.89. The van der Waals surface area contributed by atoms with Crippen molar-refractivity contribution in [2.45, 2.75) is 19.5 Å². The number of benzene rings is 2. The third kappa shape index (κ3) is 4.28. The standard InChI is InChI=1S/C21H24N4O2/c1-16(19-11-7-8-12-20(19)27-3)24(2)21(26)22-13-17-14-23-25(15-17)18-9-5-4-6-10-18/h4-12,14-16H,13H2,1-3H3,(H,22,26). The maximum Gasteiger partial charge on any atom is 0.317 e. The molecule has 0 fully saturated rings. The third-order valence-electron chi connectivity index (χ3n) is 4.59. The fraction of sp³-hybridized carbons (Fsp3) is 0.238. The van der Waals surface area contributed by atoms with Gasteiger partial charge in [0, 0.05) is 30.9 Å². The van der Waals surface area contributed by atoms with E-state index in [9.17, 15) is 4.79 Å². The van der Waals surface area contributed by atoms with Gasteiger partial charge in [-0.1, -0.05) is 36.4 Å². The van der Waals surface area contributed by atoms with Crippen molar-refractivity contribution in [2.24, 2.45) is 0 Å². The predicted molar refractivity (Wildman–Crippen MR) is 105 cm³/mol. The van der Waals surface area contributed by atoms with Crippen LogP contribution in [-0.4, -0.2) is 34.9 Å². The van der Waals surface area contributed by atoms with Crippen LogP contribution in [0.5, 0.6) is 5.75 Å². The van der Waals surface area contributed by atoms with E-state index in [1.165, 1.54) is 0 Å². The van der Waals surface area contributed by atoms with Crippen molar-refractivity contribution in [3.05, 3.63) is 78.1 Å². The second-order valence-corrected chi connectivity index (χ2v) is 6.32. The van der Waals surface area contributed by atoms with E-state index in [0.29, 0.717) is 6.54 Å². The van der Waals surface area contributed by atoms with Gasteiger partial charge >= 0.3 is 6.03 Å². The van der Waals surface area contributed by atoms with Gasteiger partial charge in [-0.05, 0) is 25.1 Å². The number of nitrogens with zero attached hydrogens (tertiary/aromatic N) is 3. The van der Waals surface area contributed by atoms with Gasteiger partial charge < -0.3 is 15.0 Å². The smallest absolute Gasteiger partial charge is 0.317 e. The highest BCUT2D eigenvalue weighted by atomic mass is 16.5. The van der Waals surface area contributed by atoms with E-state index in [0.717, 1.165) is 22.6 Å². The maximum absolute atomic E-state index is 12.6. The lowest BCUT2D eigenvalue weighted by molar-refractivity contribution is 0.193. The van der Waals surface area contributed by atoms with Crippen molar-refractivity contribution in [3.8, 4) is 11.4 Å². The summed E-state index contributed by atoms with van der Waals surface area (Å²) in [6, 6.07) is 17.3. The number of carbonyl (C=O) groups is 1. The van der Waals surface area contributed by atoms with Crippen LogP contribution in [0.15, 0.2) is 67.0 Å². The molecule has 0 radical (unpaired) electrons. The SMILES string of the molecule is COc1ccccc1C(C)N(C)C(=O)NCc1cnn(-c2ccccc2)c1. The molecule has 6 heteroatoms. The minimum atomic E-state index is -0.152. The molecule has 1 aromatic heterocycles. The van der Waals surface area contributed by atoms with E-state index in [2.05, 4.69) is 10.4 Å². The number of methoxy groups -OCH3 is 1. The van der Waals surface area contributed by atoms with Crippen molar-refractivity contribution in [3.63, 3.8) is 0 Å². The first-order chi connectivity index (χ1) is 13.1. The largest absolute Gasteiger partial charge is 0.496 e. The van der Waals surface area contributed by atoms with E-state index >= 15 is 0 Å². The van der Waals surface area contributed by atoms with Crippen LogP contribution in [-0.2, 0) is 6.54 Å². The number of ether oxygens (including phenoxy) is 1. The maximum atomic E-state index is 12.6. The Morgan fingerprint density at radius 2 is 1.89 bits per heavy atom. The normalized spacial score (nSPS) is 11.7. The molecule has 6 nitrogen and oxygen atoms in total. The van der Waals surface area contributed by atoms with Gasteiger partial charge in [-0.15, -0.1) is 0 Å². The minimum absolute atomic E-state index is 0.117. The summed E-state index contributed by atoms with van der Waals surface area (Å²) in [5, 5.41) is 7.29. The Hall–Kier alpha value is -3.28. The second kappa shape index (κ2) is 8.40. The molecule has 0 aliphatic rings. The summed E-state index contributed by atoms with van der Waals surface area (Å²) in [5.74, 6) is 0.772. The molecule has 3 aromatic rings. The van der Waals surface area contributed by atoms with Crippen molar-refractivity contribution in [1.82, 2.24) is 20.0 Å². The Morgan fingerprint density at radius 3 is 2.63 bits per heavy atom. The molecule has 0 aliphatic heterocycles. The first-order valence-corrected chi connectivity index (χ1v) is 8.82. The molecule has 2 aromatic carbocycles. The van der Waals surface area contributed by atoms with Crippen LogP contribution in [0.25, 0.3) is 5.69 Å². The Labute approximate surface area is 159 Å². The molecule has 140 valence electrons. The summed E-state index contributed by atoms with van der Waals surface area (Å²) in [6.45, 7) is 2.39. The number of nitrogens with one attached hydrogen (secondary N) is 1. The van der Waals surface area contributed by atoms with Crippen LogP contribution in [0.3, 0.4) is 0 Å². The van der Waals surface area contributed by atoms with Crippen LogP contribution >= 0.6 is 0 Å². The molecule has 3 rings (SSSR count). The molecule has 0 bridgehead atoms. The lowest BCUT2D eigenvalue weighted by Crippen LogP contribution is -2.38. The molecule has 27 heavy (non-hydrogen) atoms. The zero-order chi connectivity index (χ0) is 19.2. The molecule has 1 heterocycles. The highest BCUT2D eigenvalue weighted by Gasteiger charge is 2.20. The topological polar surface area (TPSA) is 59.4 Å². The van der Waals surface area contributed by atoms with E-state index in [1.54, 1.807) is 29.9 Å². The second-order valence-electron chi connectivity index (χ2n) is 6.32. The summed E-state index contributed by atoms with van der Waals surface area (Å²) in [6.07, 6.45) is 3.68. The zero-order valence-corrected chi connectivity index (χ0v) is 15.8. The lowest BCUT2D eigenvalue weighted by Gasteiger charge is -2.26. The number of amides is 2. The first-order valence-electron chi connectivity index (χ1n) is 8.82. The lowest BCUT2D eigenvalue weighted by atomic mass is 10.1. The number of hydrogen-bond acceptors (Lipinski definition) is 3. The van der Waals surface area contributed by atoms with Gasteiger partial charge in [0.2, 0.25) is 0 Å². The molecule has 2 amide bonds. The third-order valence-corrected chi connectivity index (χ3v) is 4.59. The first kappa shape index (κ1) is 18.5. The van der Waals surface area contributed by atoms with E-state index in [1.807, 2.05) is 67.7 Å².